The lowest BCUT2D eigenvalue weighted by atomic mass is 10.1. The van der Waals surface area contributed by atoms with Gasteiger partial charge < -0.3 is 5.32 Å². The molecule has 3 heteroatoms. The molecule has 0 spiro atoms. The minimum atomic E-state index is 0.0490. The molecular weight excluding hydrogens is 200 g/mol. The van der Waals surface area contributed by atoms with Gasteiger partial charge in [0.2, 0.25) is 5.91 Å². The molecule has 1 unspecified atom stereocenters. The van der Waals surface area contributed by atoms with Gasteiger partial charge in [0.1, 0.15) is 5.82 Å². The van der Waals surface area contributed by atoms with Gasteiger partial charge in [-0.05, 0) is 37.3 Å². The maximum Gasteiger partial charge on any atom is 0.226 e. The second-order valence-corrected chi connectivity index (χ2v) is 4.24. The van der Waals surface area contributed by atoms with E-state index in [1.54, 1.807) is 6.20 Å². The van der Waals surface area contributed by atoms with E-state index >= 15 is 0 Å². The lowest BCUT2D eigenvalue weighted by molar-refractivity contribution is -0.116. The number of hydrogen-bond acceptors (Lipinski definition) is 2. The molecule has 1 aromatic rings. The van der Waals surface area contributed by atoms with E-state index in [0.29, 0.717) is 18.2 Å². The van der Waals surface area contributed by atoms with E-state index in [1.807, 2.05) is 19.1 Å². The lowest BCUT2D eigenvalue weighted by Crippen LogP contribution is -2.15. The van der Waals surface area contributed by atoms with Gasteiger partial charge in [0.25, 0.3) is 0 Å². The van der Waals surface area contributed by atoms with E-state index < -0.39 is 0 Å². The number of aromatic nitrogens is 1. The van der Waals surface area contributed by atoms with Crippen LogP contribution in [0.15, 0.2) is 30.5 Å². The molecule has 1 aliphatic carbocycles. The van der Waals surface area contributed by atoms with E-state index in [4.69, 9.17) is 0 Å². The molecule has 0 saturated carbocycles. The van der Waals surface area contributed by atoms with E-state index in [9.17, 15) is 4.79 Å². The Hall–Kier alpha value is -1.64. The average Bonchev–Trinajstić information content (AvgIpc) is 2.74. The van der Waals surface area contributed by atoms with Crippen LogP contribution in [0, 0.1) is 12.8 Å². The molecule has 1 amide bonds. The molecule has 1 aliphatic rings. The summed E-state index contributed by atoms with van der Waals surface area (Å²) in [6.45, 7) is 1.97. The number of nitrogens with zero attached hydrogens (tertiary/aromatic N) is 1. The van der Waals surface area contributed by atoms with Crippen molar-refractivity contribution in [1.29, 1.82) is 0 Å². The minimum Gasteiger partial charge on any atom is -0.311 e. The molecule has 0 aromatic carbocycles. The SMILES string of the molecule is Cc1ccc(NC(=O)CC2C=CCC2)nc1. The molecule has 0 aliphatic heterocycles. The number of hydrogen-bond donors (Lipinski definition) is 1. The third-order valence-electron chi connectivity index (χ3n) is 2.74. The first-order valence-electron chi connectivity index (χ1n) is 5.63. The van der Waals surface area contributed by atoms with Crippen molar-refractivity contribution in [2.45, 2.75) is 26.2 Å². The van der Waals surface area contributed by atoms with Gasteiger partial charge in [0.05, 0.1) is 0 Å². The highest BCUT2D eigenvalue weighted by molar-refractivity contribution is 5.90. The van der Waals surface area contributed by atoms with Crippen LogP contribution in [0.1, 0.15) is 24.8 Å². The van der Waals surface area contributed by atoms with Crippen LogP contribution in [-0.2, 0) is 4.79 Å². The van der Waals surface area contributed by atoms with Crippen molar-refractivity contribution < 1.29 is 4.79 Å². The quantitative estimate of drug-likeness (QED) is 0.789. The summed E-state index contributed by atoms with van der Waals surface area (Å²) in [7, 11) is 0. The Balaban J connectivity index is 1.86. The molecule has 16 heavy (non-hydrogen) atoms. The maximum atomic E-state index is 11.7. The normalized spacial score (nSPS) is 18.7. The highest BCUT2D eigenvalue weighted by atomic mass is 16.1. The number of rotatable bonds is 3. The van der Waals surface area contributed by atoms with Crippen molar-refractivity contribution in [3.63, 3.8) is 0 Å². The molecule has 1 N–H and O–H groups in total. The molecular formula is C13H16N2O. The van der Waals surface area contributed by atoms with Crippen molar-refractivity contribution in [3.05, 3.63) is 36.0 Å². The van der Waals surface area contributed by atoms with Crippen molar-refractivity contribution in [1.82, 2.24) is 4.98 Å². The molecule has 1 atom stereocenters. The molecule has 0 saturated heterocycles. The van der Waals surface area contributed by atoms with Crippen molar-refractivity contribution >= 4 is 11.7 Å². The van der Waals surface area contributed by atoms with Gasteiger partial charge in [-0.25, -0.2) is 4.98 Å². The Kier molecular flexibility index (Phi) is 3.34. The second-order valence-electron chi connectivity index (χ2n) is 4.24. The molecule has 0 radical (unpaired) electrons. The third kappa shape index (κ3) is 2.92. The fraction of sp³-hybridized carbons (Fsp3) is 0.385. The summed E-state index contributed by atoms with van der Waals surface area (Å²) in [6.07, 6.45) is 8.77. The minimum absolute atomic E-state index is 0.0490. The molecule has 0 bridgehead atoms. The van der Waals surface area contributed by atoms with Gasteiger partial charge in [0, 0.05) is 12.6 Å². The Morgan fingerprint density at radius 2 is 2.44 bits per heavy atom. The summed E-state index contributed by atoms with van der Waals surface area (Å²) >= 11 is 0. The smallest absolute Gasteiger partial charge is 0.226 e. The number of carbonyl (C=O) groups is 1. The molecule has 1 aromatic heterocycles. The Morgan fingerprint density at radius 3 is 3.06 bits per heavy atom. The monoisotopic (exact) mass is 216 g/mol. The zero-order valence-corrected chi connectivity index (χ0v) is 9.44. The average molecular weight is 216 g/mol. The van der Waals surface area contributed by atoms with Crippen LogP contribution < -0.4 is 5.32 Å². The zero-order chi connectivity index (χ0) is 11.4. The Labute approximate surface area is 95.6 Å². The Morgan fingerprint density at radius 1 is 1.56 bits per heavy atom. The third-order valence-corrected chi connectivity index (χ3v) is 2.74. The number of nitrogens with one attached hydrogen (secondary N) is 1. The lowest BCUT2D eigenvalue weighted by Gasteiger charge is -2.08. The summed E-state index contributed by atoms with van der Waals surface area (Å²) in [5, 5.41) is 2.81. The van der Waals surface area contributed by atoms with Gasteiger partial charge in [0.15, 0.2) is 0 Å². The molecule has 0 fully saturated rings. The molecule has 3 nitrogen and oxygen atoms in total. The molecule has 84 valence electrons. The van der Waals surface area contributed by atoms with Crippen molar-refractivity contribution in [2.75, 3.05) is 5.32 Å². The predicted molar refractivity (Wildman–Crippen MR) is 64.1 cm³/mol. The van der Waals surface area contributed by atoms with Gasteiger partial charge >= 0.3 is 0 Å². The van der Waals surface area contributed by atoms with Crippen LogP contribution in [0.25, 0.3) is 0 Å². The van der Waals surface area contributed by atoms with Gasteiger partial charge in [-0.1, -0.05) is 18.2 Å². The number of aryl methyl sites for hydroxylation is 1. The largest absolute Gasteiger partial charge is 0.311 e. The predicted octanol–water partition coefficient (Wildman–Crippen LogP) is 2.68. The highest BCUT2D eigenvalue weighted by Gasteiger charge is 2.14. The van der Waals surface area contributed by atoms with Gasteiger partial charge in [-0.2, -0.15) is 0 Å². The van der Waals surface area contributed by atoms with E-state index in [0.717, 1.165) is 18.4 Å². The Bertz CT molecular complexity index is 395. The van der Waals surface area contributed by atoms with Gasteiger partial charge in [-0.15, -0.1) is 0 Å². The first-order valence-corrected chi connectivity index (χ1v) is 5.63. The van der Waals surface area contributed by atoms with Crippen LogP contribution in [0.4, 0.5) is 5.82 Å². The van der Waals surface area contributed by atoms with E-state index in [1.165, 1.54) is 0 Å². The second kappa shape index (κ2) is 4.92. The zero-order valence-electron chi connectivity index (χ0n) is 9.44. The fourth-order valence-electron chi connectivity index (χ4n) is 1.84. The van der Waals surface area contributed by atoms with Crippen LogP contribution in [-0.4, -0.2) is 10.9 Å². The summed E-state index contributed by atoms with van der Waals surface area (Å²) in [5.41, 5.74) is 1.09. The first kappa shape index (κ1) is 10.9. The highest BCUT2D eigenvalue weighted by Crippen LogP contribution is 2.20. The summed E-state index contributed by atoms with van der Waals surface area (Å²) in [4.78, 5) is 15.8. The standard InChI is InChI=1S/C13H16N2O/c1-10-6-7-12(14-9-10)15-13(16)8-11-4-2-3-5-11/h2,4,6-7,9,11H,3,5,8H2,1H3,(H,14,15,16). The van der Waals surface area contributed by atoms with E-state index in [-0.39, 0.29) is 5.91 Å². The number of amides is 1. The number of pyridine rings is 1. The summed E-state index contributed by atoms with van der Waals surface area (Å²) in [5.74, 6) is 1.09. The summed E-state index contributed by atoms with van der Waals surface area (Å²) in [6, 6.07) is 3.77. The van der Waals surface area contributed by atoms with Crippen molar-refractivity contribution in [2.24, 2.45) is 5.92 Å². The fourth-order valence-corrected chi connectivity index (χ4v) is 1.84. The van der Waals surface area contributed by atoms with Gasteiger partial charge in [-0.3, -0.25) is 4.79 Å². The number of anilines is 1. The molecule has 2 rings (SSSR count). The van der Waals surface area contributed by atoms with Crippen LogP contribution in [0.5, 0.6) is 0 Å². The van der Waals surface area contributed by atoms with Crippen molar-refractivity contribution in [3.8, 4) is 0 Å². The van der Waals surface area contributed by atoms with Crippen LogP contribution >= 0.6 is 0 Å². The van der Waals surface area contributed by atoms with Crippen LogP contribution in [0.3, 0.4) is 0 Å². The topological polar surface area (TPSA) is 42.0 Å². The van der Waals surface area contributed by atoms with Crippen LogP contribution in [0.2, 0.25) is 0 Å². The first-order chi connectivity index (χ1) is 7.74. The number of allylic oxidation sites excluding steroid dienone is 2. The van der Waals surface area contributed by atoms with E-state index in [2.05, 4.69) is 22.5 Å². The maximum absolute atomic E-state index is 11.7. The number of carbonyl (C=O) groups excluding carboxylic acids is 1. The molecule has 1 heterocycles. The summed E-state index contributed by atoms with van der Waals surface area (Å²) < 4.78 is 0.